The Morgan fingerprint density at radius 1 is 1.70 bits per heavy atom. The van der Waals surface area contributed by atoms with Crippen LogP contribution < -0.4 is 0 Å². The molecule has 0 aromatic carbocycles. The smallest absolute Gasteiger partial charge is 0.308 e. The molecule has 0 rings (SSSR count). The largest absolute Gasteiger partial charge is 0.481 e. The molecule has 3 heteroatoms. The fraction of sp³-hybridized carbons (Fsp3) is 0.857. The minimum absolute atomic E-state index is 0.323. The number of hydrogen-bond acceptors (Lipinski definition) is 2. The van der Waals surface area contributed by atoms with E-state index in [9.17, 15) is 4.79 Å². The van der Waals surface area contributed by atoms with Gasteiger partial charge in [-0.15, -0.1) is 0 Å². The molecule has 1 unspecified atom stereocenters. The number of rotatable bonds is 5. The van der Waals surface area contributed by atoms with Crippen molar-refractivity contribution < 1.29 is 14.6 Å². The molecule has 0 amide bonds. The van der Waals surface area contributed by atoms with Crippen molar-refractivity contribution in [3.8, 4) is 0 Å². The van der Waals surface area contributed by atoms with E-state index in [2.05, 4.69) is 0 Å². The van der Waals surface area contributed by atoms with Crippen molar-refractivity contribution in [2.75, 3.05) is 13.2 Å². The average molecular weight is 146 g/mol. The van der Waals surface area contributed by atoms with Crippen molar-refractivity contribution in [1.82, 2.24) is 0 Å². The Bertz CT molecular complexity index is 101. The third kappa shape index (κ3) is 4.32. The Kier molecular flexibility index (Phi) is 4.94. The molecule has 10 heavy (non-hydrogen) atoms. The van der Waals surface area contributed by atoms with Crippen LogP contribution in [0.25, 0.3) is 0 Å². The van der Waals surface area contributed by atoms with Crippen molar-refractivity contribution in [2.24, 2.45) is 5.92 Å². The minimum atomic E-state index is -0.795. The molecule has 0 saturated heterocycles. The summed E-state index contributed by atoms with van der Waals surface area (Å²) >= 11 is 0. The van der Waals surface area contributed by atoms with Crippen LogP contribution in [0.5, 0.6) is 0 Å². The summed E-state index contributed by atoms with van der Waals surface area (Å²) in [6.07, 6.45) is 0.937. The van der Waals surface area contributed by atoms with Gasteiger partial charge in [-0.3, -0.25) is 4.79 Å². The Balaban J connectivity index is 3.21. The number of ether oxygens (including phenoxy) is 1. The van der Waals surface area contributed by atoms with Crippen LogP contribution in [0, 0.1) is 5.92 Å². The van der Waals surface area contributed by atoms with Gasteiger partial charge in [-0.25, -0.2) is 0 Å². The summed E-state index contributed by atoms with van der Waals surface area (Å²) in [7, 11) is 0. The van der Waals surface area contributed by atoms with Crippen LogP contribution in [-0.2, 0) is 9.53 Å². The first-order valence-corrected chi connectivity index (χ1v) is 3.49. The lowest BCUT2D eigenvalue weighted by molar-refractivity contribution is -0.143. The van der Waals surface area contributed by atoms with E-state index in [1.165, 1.54) is 0 Å². The lowest BCUT2D eigenvalue weighted by Gasteiger charge is -2.05. The summed E-state index contributed by atoms with van der Waals surface area (Å²) < 4.78 is 5.03. The molecule has 0 spiro atoms. The van der Waals surface area contributed by atoms with Crippen molar-refractivity contribution >= 4 is 5.97 Å². The average Bonchev–Trinajstić information content (AvgIpc) is 1.88. The van der Waals surface area contributed by atoms with E-state index in [-0.39, 0.29) is 5.92 Å². The molecule has 0 radical (unpaired) electrons. The Morgan fingerprint density at radius 3 is 2.70 bits per heavy atom. The van der Waals surface area contributed by atoms with Crippen LogP contribution in [0.2, 0.25) is 0 Å². The summed E-state index contributed by atoms with van der Waals surface area (Å²) in [4.78, 5) is 10.2. The van der Waals surface area contributed by atoms with E-state index in [1.807, 2.05) is 6.92 Å². The highest BCUT2D eigenvalue weighted by atomic mass is 16.5. The first-order chi connectivity index (χ1) is 4.68. The van der Waals surface area contributed by atoms with Crippen molar-refractivity contribution in [1.29, 1.82) is 0 Å². The number of aliphatic carboxylic acids is 1. The van der Waals surface area contributed by atoms with Gasteiger partial charge in [-0.2, -0.15) is 0 Å². The van der Waals surface area contributed by atoms with Gasteiger partial charge in [-0.05, 0) is 13.3 Å². The second-order valence-corrected chi connectivity index (χ2v) is 2.31. The molecule has 0 aromatic heterocycles. The highest BCUT2D eigenvalue weighted by Crippen LogP contribution is 1.95. The van der Waals surface area contributed by atoms with Gasteiger partial charge in [0.2, 0.25) is 0 Å². The van der Waals surface area contributed by atoms with Gasteiger partial charge in [0.1, 0.15) is 0 Å². The van der Waals surface area contributed by atoms with Crippen LogP contribution in [0.4, 0.5) is 0 Å². The quantitative estimate of drug-likeness (QED) is 0.591. The fourth-order valence-electron chi connectivity index (χ4n) is 0.476. The van der Waals surface area contributed by atoms with Crippen LogP contribution in [0.3, 0.4) is 0 Å². The minimum Gasteiger partial charge on any atom is -0.481 e. The van der Waals surface area contributed by atoms with Crippen molar-refractivity contribution in [2.45, 2.75) is 20.3 Å². The maximum Gasteiger partial charge on any atom is 0.308 e. The summed E-state index contributed by atoms with van der Waals surface area (Å²) in [5.41, 5.74) is 0. The molecule has 0 saturated carbocycles. The SMILES string of the molecule is CCCOCC(C)C(=O)O. The molecule has 0 fully saturated rings. The van der Waals surface area contributed by atoms with E-state index in [1.54, 1.807) is 6.92 Å². The summed E-state index contributed by atoms with van der Waals surface area (Å²) in [5, 5.41) is 8.40. The van der Waals surface area contributed by atoms with E-state index >= 15 is 0 Å². The lowest BCUT2D eigenvalue weighted by Crippen LogP contribution is -2.16. The third-order valence-electron chi connectivity index (χ3n) is 1.14. The van der Waals surface area contributed by atoms with E-state index < -0.39 is 5.97 Å². The summed E-state index contributed by atoms with van der Waals surface area (Å²) in [5.74, 6) is -1.18. The maximum absolute atomic E-state index is 10.2. The molecule has 3 nitrogen and oxygen atoms in total. The van der Waals surface area contributed by atoms with Gasteiger partial charge in [0.05, 0.1) is 12.5 Å². The Labute approximate surface area is 61.0 Å². The second-order valence-electron chi connectivity index (χ2n) is 2.31. The number of carboxylic acids is 1. The third-order valence-corrected chi connectivity index (χ3v) is 1.14. The zero-order chi connectivity index (χ0) is 7.98. The number of hydrogen-bond donors (Lipinski definition) is 1. The molecule has 60 valence electrons. The van der Waals surface area contributed by atoms with Crippen LogP contribution in [0.15, 0.2) is 0 Å². The molecule has 0 heterocycles. The summed E-state index contributed by atoms with van der Waals surface area (Å²) in [6, 6.07) is 0. The Morgan fingerprint density at radius 2 is 2.30 bits per heavy atom. The van der Waals surface area contributed by atoms with Gasteiger partial charge in [-0.1, -0.05) is 6.92 Å². The van der Waals surface area contributed by atoms with Gasteiger partial charge in [0, 0.05) is 6.61 Å². The first-order valence-electron chi connectivity index (χ1n) is 3.49. The van der Waals surface area contributed by atoms with E-state index in [0.717, 1.165) is 6.42 Å². The molecular formula is C7H14O3. The number of carboxylic acid groups (broad SMARTS) is 1. The second kappa shape index (κ2) is 5.23. The predicted octanol–water partition coefficient (Wildman–Crippen LogP) is 1.13. The van der Waals surface area contributed by atoms with Crippen LogP contribution in [-0.4, -0.2) is 24.3 Å². The standard InChI is InChI=1S/C7H14O3/c1-3-4-10-5-6(2)7(8)9/h6H,3-5H2,1-2H3,(H,8,9). The molecule has 0 aliphatic carbocycles. The topological polar surface area (TPSA) is 46.5 Å². The zero-order valence-electron chi connectivity index (χ0n) is 6.46. The van der Waals surface area contributed by atoms with E-state index in [0.29, 0.717) is 13.2 Å². The number of carbonyl (C=O) groups is 1. The fourth-order valence-corrected chi connectivity index (χ4v) is 0.476. The van der Waals surface area contributed by atoms with Crippen molar-refractivity contribution in [3.05, 3.63) is 0 Å². The molecule has 1 atom stereocenters. The lowest BCUT2D eigenvalue weighted by atomic mass is 10.2. The maximum atomic E-state index is 10.2. The normalized spacial score (nSPS) is 13.0. The predicted molar refractivity (Wildman–Crippen MR) is 37.9 cm³/mol. The molecule has 0 aromatic rings. The van der Waals surface area contributed by atoms with Crippen molar-refractivity contribution in [3.63, 3.8) is 0 Å². The molecule has 0 aliphatic heterocycles. The highest BCUT2D eigenvalue weighted by molar-refractivity contribution is 5.69. The van der Waals surface area contributed by atoms with Gasteiger partial charge >= 0.3 is 5.97 Å². The van der Waals surface area contributed by atoms with Crippen LogP contribution in [0.1, 0.15) is 20.3 Å². The summed E-state index contributed by atoms with van der Waals surface area (Å²) in [6.45, 7) is 4.60. The van der Waals surface area contributed by atoms with Gasteiger partial charge in [0.25, 0.3) is 0 Å². The monoisotopic (exact) mass is 146 g/mol. The first kappa shape index (κ1) is 9.43. The Hall–Kier alpha value is -0.570. The van der Waals surface area contributed by atoms with Gasteiger partial charge in [0.15, 0.2) is 0 Å². The molecule has 0 bridgehead atoms. The van der Waals surface area contributed by atoms with Crippen LogP contribution >= 0.6 is 0 Å². The molecule has 0 aliphatic rings. The van der Waals surface area contributed by atoms with Gasteiger partial charge < -0.3 is 9.84 Å². The highest BCUT2D eigenvalue weighted by Gasteiger charge is 2.09. The van der Waals surface area contributed by atoms with E-state index in [4.69, 9.17) is 9.84 Å². The molecular weight excluding hydrogens is 132 g/mol. The molecule has 1 N–H and O–H groups in total. The zero-order valence-corrected chi connectivity index (χ0v) is 6.46.